The monoisotopic (exact) mass is 304 g/mol. The van der Waals surface area contributed by atoms with Crippen LogP contribution in [0.15, 0.2) is 54.6 Å². The quantitative estimate of drug-likeness (QED) is 0.810. The highest BCUT2D eigenvalue weighted by Crippen LogP contribution is 2.23. The second kappa shape index (κ2) is 7.21. The number of benzene rings is 2. The van der Waals surface area contributed by atoms with E-state index in [1.807, 2.05) is 54.6 Å². The van der Waals surface area contributed by atoms with Gasteiger partial charge in [0, 0.05) is 18.0 Å². The van der Waals surface area contributed by atoms with Crippen LogP contribution in [0.4, 0.5) is 0 Å². The average Bonchev–Trinajstić information content (AvgIpc) is 2.63. The van der Waals surface area contributed by atoms with Gasteiger partial charge in [-0.3, -0.25) is 9.69 Å². The molecule has 1 aliphatic heterocycles. The summed E-state index contributed by atoms with van der Waals surface area (Å²) >= 11 is 0. The maximum atomic E-state index is 12.5. The predicted octanol–water partition coefficient (Wildman–Crippen LogP) is 3.65. The van der Waals surface area contributed by atoms with Crippen LogP contribution in [0.3, 0.4) is 0 Å². The second-order valence-electron chi connectivity index (χ2n) is 6.09. The van der Waals surface area contributed by atoms with Gasteiger partial charge in [0.05, 0.1) is 11.6 Å². The van der Waals surface area contributed by atoms with E-state index in [2.05, 4.69) is 11.0 Å². The highest BCUT2D eigenvalue weighted by Gasteiger charge is 2.25. The van der Waals surface area contributed by atoms with Crippen molar-refractivity contribution in [3.05, 3.63) is 71.3 Å². The number of Topliss-reactive ketones (excluding diaryl/α,β-unsaturated/α-hetero) is 1. The van der Waals surface area contributed by atoms with Gasteiger partial charge >= 0.3 is 0 Å². The summed E-state index contributed by atoms with van der Waals surface area (Å²) in [5, 5.41) is 8.83. The first-order valence-corrected chi connectivity index (χ1v) is 8.07. The lowest BCUT2D eigenvalue weighted by atomic mass is 9.89. The van der Waals surface area contributed by atoms with Crippen molar-refractivity contribution in [3.63, 3.8) is 0 Å². The van der Waals surface area contributed by atoms with Crippen LogP contribution in [0.25, 0.3) is 0 Å². The summed E-state index contributed by atoms with van der Waals surface area (Å²) in [7, 11) is 0. The maximum absolute atomic E-state index is 12.5. The largest absolute Gasteiger partial charge is 0.299 e. The fourth-order valence-corrected chi connectivity index (χ4v) is 3.13. The predicted molar refractivity (Wildman–Crippen MR) is 89.9 cm³/mol. The first kappa shape index (κ1) is 15.5. The minimum atomic E-state index is 0.148. The molecule has 3 heteroatoms. The van der Waals surface area contributed by atoms with Crippen molar-refractivity contribution >= 4 is 5.78 Å². The van der Waals surface area contributed by atoms with Gasteiger partial charge in [-0.25, -0.2) is 0 Å². The van der Waals surface area contributed by atoms with Crippen LogP contribution in [-0.2, 0) is 6.54 Å². The molecule has 0 bridgehead atoms. The average molecular weight is 304 g/mol. The Kier molecular flexibility index (Phi) is 4.85. The standard InChI is InChI=1S/C20H20N2O/c21-14-16-6-8-17(9-7-16)15-22-12-10-19(11-13-22)20(23)18-4-2-1-3-5-18/h1-9,19H,10-13,15H2. The van der Waals surface area contributed by atoms with E-state index in [9.17, 15) is 4.79 Å². The molecule has 0 N–H and O–H groups in total. The van der Waals surface area contributed by atoms with E-state index in [4.69, 9.17) is 5.26 Å². The summed E-state index contributed by atoms with van der Waals surface area (Å²) < 4.78 is 0. The van der Waals surface area contributed by atoms with Gasteiger partial charge in [-0.05, 0) is 43.6 Å². The Morgan fingerprint density at radius 2 is 1.70 bits per heavy atom. The summed E-state index contributed by atoms with van der Waals surface area (Å²) in [6.45, 7) is 2.78. The van der Waals surface area contributed by atoms with Gasteiger partial charge in [0.1, 0.15) is 0 Å². The number of carbonyl (C=O) groups is 1. The topological polar surface area (TPSA) is 44.1 Å². The summed E-state index contributed by atoms with van der Waals surface area (Å²) in [6.07, 6.45) is 1.84. The number of rotatable bonds is 4. The molecule has 0 spiro atoms. The van der Waals surface area contributed by atoms with Crippen molar-refractivity contribution in [2.24, 2.45) is 5.92 Å². The molecule has 1 aliphatic rings. The SMILES string of the molecule is N#Cc1ccc(CN2CCC(C(=O)c3ccccc3)CC2)cc1. The van der Waals surface area contributed by atoms with Gasteiger partial charge in [0.25, 0.3) is 0 Å². The molecule has 1 fully saturated rings. The summed E-state index contributed by atoms with van der Waals surface area (Å²) in [5.41, 5.74) is 2.75. The van der Waals surface area contributed by atoms with Crippen LogP contribution in [0.2, 0.25) is 0 Å². The molecule has 2 aromatic carbocycles. The molecule has 1 heterocycles. The number of ketones is 1. The lowest BCUT2D eigenvalue weighted by molar-refractivity contribution is 0.0835. The Morgan fingerprint density at radius 1 is 1.04 bits per heavy atom. The zero-order valence-electron chi connectivity index (χ0n) is 13.1. The minimum Gasteiger partial charge on any atom is -0.299 e. The van der Waals surface area contributed by atoms with Gasteiger partial charge in [0.15, 0.2) is 5.78 Å². The number of carbonyl (C=O) groups excluding carboxylic acids is 1. The first-order valence-electron chi connectivity index (χ1n) is 8.07. The molecule has 0 saturated carbocycles. The number of nitrogens with zero attached hydrogens (tertiary/aromatic N) is 2. The zero-order chi connectivity index (χ0) is 16.1. The number of piperidine rings is 1. The van der Waals surface area contributed by atoms with Gasteiger partial charge < -0.3 is 0 Å². The molecule has 0 atom stereocenters. The van der Waals surface area contributed by atoms with E-state index in [-0.39, 0.29) is 11.7 Å². The van der Waals surface area contributed by atoms with Crippen molar-refractivity contribution in [3.8, 4) is 6.07 Å². The normalized spacial score (nSPS) is 16.0. The minimum absolute atomic E-state index is 0.148. The second-order valence-corrected chi connectivity index (χ2v) is 6.09. The fourth-order valence-electron chi connectivity index (χ4n) is 3.13. The van der Waals surface area contributed by atoms with Gasteiger partial charge in [0.2, 0.25) is 0 Å². The van der Waals surface area contributed by atoms with Crippen LogP contribution < -0.4 is 0 Å². The van der Waals surface area contributed by atoms with Crippen molar-refractivity contribution in [2.45, 2.75) is 19.4 Å². The lowest BCUT2D eigenvalue weighted by Crippen LogP contribution is -2.35. The zero-order valence-corrected chi connectivity index (χ0v) is 13.1. The van der Waals surface area contributed by atoms with Crippen molar-refractivity contribution in [1.29, 1.82) is 5.26 Å². The van der Waals surface area contributed by atoms with Crippen molar-refractivity contribution in [2.75, 3.05) is 13.1 Å². The molecular weight excluding hydrogens is 284 g/mol. The van der Waals surface area contributed by atoms with Gasteiger partial charge in [-0.15, -0.1) is 0 Å². The lowest BCUT2D eigenvalue weighted by Gasteiger charge is -2.31. The van der Waals surface area contributed by atoms with Crippen molar-refractivity contribution in [1.82, 2.24) is 4.90 Å². The Hall–Kier alpha value is -2.44. The maximum Gasteiger partial charge on any atom is 0.166 e. The molecule has 0 aromatic heterocycles. The third kappa shape index (κ3) is 3.85. The Balaban J connectivity index is 1.54. The molecular formula is C20H20N2O. The number of hydrogen-bond acceptors (Lipinski definition) is 3. The molecule has 23 heavy (non-hydrogen) atoms. The molecule has 0 amide bonds. The third-order valence-corrected chi connectivity index (χ3v) is 4.51. The summed E-state index contributed by atoms with van der Waals surface area (Å²) in [5.74, 6) is 0.429. The number of hydrogen-bond donors (Lipinski definition) is 0. The fraction of sp³-hybridized carbons (Fsp3) is 0.300. The first-order chi connectivity index (χ1) is 11.3. The third-order valence-electron chi connectivity index (χ3n) is 4.51. The van der Waals surface area contributed by atoms with E-state index < -0.39 is 0 Å². The van der Waals surface area contributed by atoms with Gasteiger partial charge in [-0.2, -0.15) is 5.26 Å². The van der Waals surface area contributed by atoms with Crippen LogP contribution in [0.1, 0.15) is 34.3 Å². The van der Waals surface area contributed by atoms with E-state index in [0.29, 0.717) is 5.56 Å². The molecule has 0 aliphatic carbocycles. The summed E-state index contributed by atoms with van der Waals surface area (Å²) in [6, 6.07) is 19.5. The van der Waals surface area contributed by atoms with E-state index in [0.717, 1.165) is 38.0 Å². The van der Waals surface area contributed by atoms with Gasteiger partial charge in [-0.1, -0.05) is 42.5 Å². The van der Waals surface area contributed by atoms with Crippen LogP contribution in [-0.4, -0.2) is 23.8 Å². The highest BCUT2D eigenvalue weighted by molar-refractivity contribution is 5.97. The van der Waals surface area contributed by atoms with Crippen LogP contribution in [0, 0.1) is 17.2 Å². The summed E-state index contributed by atoms with van der Waals surface area (Å²) in [4.78, 5) is 14.9. The highest BCUT2D eigenvalue weighted by atomic mass is 16.1. The molecule has 2 aromatic rings. The smallest absolute Gasteiger partial charge is 0.166 e. The Labute approximate surface area is 137 Å². The van der Waals surface area contributed by atoms with Crippen LogP contribution in [0.5, 0.6) is 0 Å². The molecule has 0 radical (unpaired) electrons. The Morgan fingerprint density at radius 3 is 2.30 bits per heavy atom. The number of likely N-dealkylation sites (tertiary alicyclic amines) is 1. The molecule has 3 rings (SSSR count). The van der Waals surface area contributed by atoms with Crippen LogP contribution >= 0.6 is 0 Å². The molecule has 1 saturated heterocycles. The molecule has 116 valence electrons. The van der Waals surface area contributed by atoms with E-state index >= 15 is 0 Å². The molecule has 3 nitrogen and oxygen atoms in total. The molecule has 0 unspecified atom stereocenters. The van der Waals surface area contributed by atoms with E-state index in [1.165, 1.54) is 5.56 Å². The Bertz CT molecular complexity index is 693. The van der Waals surface area contributed by atoms with Crippen molar-refractivity contribution < 1.29 is 4.79 Å². The number of nitriles is 1. The van der Waals surface area contributed by atoms with E-state index in [1.54, 1.807) is 0 Å².